The molecule has 0 aliphatic carbocycles. The Labute approximate surface area is 112 Å². The molecular formula is C14H30N2S. The Hall–Kier alpha value is 0.270. The fraction of sp³-hybridized carbons (Fsp3) is 1.00. The number of hydrogen-bond acceptors (Lipinski definition) is 3. The predicted octanol–water partition coefficient (Wildman–Crippen LogP) is 2.84. The van der Waals surface area contributed by atoms with Gasteiger partial charge in [-0.2, -0.15) is 11.8 Å². The first-order valence-electron chi connectivity index (χ1n) is 7.09. The van der Waals surface area contributed by atoms with Crippen molar-refractivity contribution >= 4 is 11.8 Å². The third-order valence-electron chi connectivity index (χ3n) is 4.39. The van der Waals surface area contributed by atoms with E-state index in [-0.39, 0.29) is 0 Å². The van der Waals surface area contributed by atoms with E-state index in [2.05, 4.69) is 44.2 Å². The fourth-order valence-electron chi connectivity index (χ4n) is 3.02. The van der Waals surface area contributed by atoms with Gasteiger partial charge in [0.1, 0.15) is 0 Å². The van der Waals surface area contributed by atoms with Crippen molar-refractivity contribution in [1.29, 1.82) is 0 Å². The number of piperidine rings is 1. The summed E-state index contributed by atoms with van der Waals surface area (Å²) in [4.78, 5) is 2.72. The first-order chi connectivity index (χ1) is 8.11. The van der Waals surface area contributed by atoms with Crippen LogP contribution in [-0.4, -0.2) is 48.1 Å². The predicted molar refractivity (Wildman–Crippen MR) is 79.9 cm³/mol. The Morgan fingerprint density at radius 2 is 2.12 bits per heavy atom. The lowest BCUT2D eigenvalue weighted by atomic mass is 9.86. The van der Waals surface area contributed by atoms with Crippen LogP contribution in [0.25, 0.3) is 0 Å². The first kappa shape index (κ1) is 15.3. The molecular weight excluding hydrogens is 228 g/mol. The van der Waals surface area contributed by atoms with Gasteiger partial charge in [-0.15, -0.1) is 0 Å². The zero-order valence-corrected chi connectivity index (χ0v) is 13.0. The van der Waals surface area contributed by atoms with Crippen molar-refractivity contribution in [1.82, 2.24) is 10.2 Å². The van der Waals surface area contributed by atoms with Crippen molar-refractivity contribution in [2.45, 2.75) is 58.7 Å². The summed E-state index contributed by atoms with van der Waals surface area (Å²) in [6.45, 7) is 11.8. The maximum atomic E-state index is 3.64. The second-order valence-electron chi connectivity index (χ2n) is 5.42. The van der Waals surface area contributed by atoms with E-state index in [4.69, 9.17) is 0 Å². The molecule has 1 heterocycles. The second kappa shape index (κ2) is 7.65. The highest BCUT2D eigenvalue weighted by Gasteiger charge is 2.33. The Morgan fingerprint density at radius 1 is 1.41 bits per heavy atom. The molecule has 4 unspecified atom stereocenters. The lowest BCUT2D eigenvalue weighted by molar-refractivity contribution is 0.0524. The summed E-state index contributed by atoms with van der Waals surface area (Å²) in [6.07, 6.45) is 4.84. The smallest absolute Gasteiger partial charge is 0.0120 e. The van der Waals surface area contributed by atoms with E-state index >= 15 is 0 Å². The van der Waals surface area contributed by atoms with Gasteiger partial charge in [-0.1, -0.05) is 13.8 Å². The zero-order valence-electron chi connectivity index (χ0n) is 12.2. The zero-order chi connectivity index (χ0) is 12.8. The molecule has 1 aliphatic rings. The minimum absolute atomic E-state index is 0.713. The highest BCUT2D eigenvalue weighted by atomic mass is 32.2. The average molecular weight is 258 g/mol. The van der Waals surface area contributed by atoms with Gasteiger partial charge in [0, 0.05) is 24.7 Å². The van der Waals surface area contributed by atoms with E-state index < -0.39 is 0 Å². The van der Waals surface area contributed by atoms with Crippen molar-refractivity contribution in [3.63, 3.8) is 0 Å². The Bertz CT molecular complexity index is 210. The van der Waals surface area contributed by atoms with Crippen LogP contribution in [0.15, 0.2) is 0 Å². The standard InChI is InChI=1S/C14H30N2S/c1-6-15-14-7-9-16(13(4)12(14)3)11(2)8-10-17-5/h11-15H,6-10H2,1-5H3. The van der Waals surface area contributed by atoms with Gasteiger partial charge in [-0.05, 0) is 51.2 Å². The van der Waals surface area contributed by atoms with Crippen molar-refractivity contribution in [2.75, 3.05) is 25.1 Å². The molecule has 1 fully saturated rings. The summed E-state index contributed by atoms with van der Waals surface area (Å²) in [5.74, 6) is 2.05. The van der Waals surface area contributed by atoms with Gasteiger partial charge < -0.3 is 5.32 Å². The minimum Gasteiger partial charge on any atom is -0.314 e. The van der Waals surface area contributed by atoms with Crippen LogP contribution < -0.4 is 5.32 Å². The van der Waals surface area contributed by atoms with Gasteiger partial charge in [0.15, 0.2) is 0 Å². The largest absolute Gasteiger partial charge is 0.314 e. The lowest BCUT2D eigenvalue weighted by Crippen LogP contribution is -2.55. The molecule has 0 aromatic heterocycles. The average Bonchev–Trinajstić information content (AvgIpc) is 2.32. The maximum Gasteiger partial charge on any atom is 0.0120 e. The van der Waals surface area contributed by atoms with Crippen molar-refractivity contribution in [2.24, 2.45) is 5.92 Å². The molecule has 1 saturated heterocycles. The van der Waals surface area contributed by atoms with Crippen LogP contribution in [0.3, 0.4) is 0 Å². The summed E-state index contributed by atoms with van der Waals surface area (Å²) in [5, 5.41) is 3.64. The van der Waals surface area contributed by atoms with E-state index in [9.17, 15) is 0 Å². The molecule has 1 rings (SSSR count). The van der Waals surface area contributed by atoms with Gasteiger partial charge in [0.2, 0.25) is 0 Å². The van der Waals surface area contributed by atoms with Crippen LogP contribution in [0.5, 0.6) is 0 Å². The normalized spacial score (nSPS) is 32.6. The fourth-order valence-corrected chi connectivity index (χ4v) is 3.60. The Morgan fingerprint density at radius 3 is 2.71 bits per heavy atom. The number of hydrogen-bond donors (Lipinski definition) is 1. The summed E-state index contributed by atoms with van der Waals surface area (Å²) in [6, 6.07) is 2.17. The van der Waals surface area contributed by atoms with E-state index in [1.807, 2.05) is 11.8 Å². The monoisotopic (exact) mass is 258 g/mol. The molecule has 0 spiro atoms. The highest BCUT2D eigenvalue weighted by Crippen LogP contribution is 2.26. The van der Waals surface area contributed by atoms with Crippen molar-refractivity contribution < 1.29 is 0 Å². The van der Waals surface area contributed by atoms with Crippen LogP contribution in [-0.2, 0) is 0 Å². The molecule has 102 valence electrons. The lowest BCUT2D eigenvalue weighted by Gasteiger charge is -2.46. The van der Waals surface area contributed by atoms with Gasteiger partial charge >= 0.3 is 0 Å². The van der Waals surface area contributed by atoms with E-state index in [0.717, 1.165) is 24.5 Å². The number of thioether (sulfide) groups is 1. The molecule has 3 heteroatoms. The van der Waals surface area contributed by atoms with Gasteiger partial charge in [-0.3, -0.25) is 4.90 Å². The quantitative estimate of drug-likeness (QED) is 0.789. The SMILES string of the molecule is CCNC1CCN(C(C)CCSC)C(C)C1C. The summed E-state index contributed by atoms with van der Waals surface area (Å²) < 4.78 is 0. The molecule has 1 N–H and O–H groups in total. The Balaban J connectivity index is 2.49. The number of nitrogens with zero attached hydrogens (tertiary/aromatic N) is 1. The van der Waals surface area contributed by atoms with Gasteiger partial charge in [0.05, 0.1) is 0 Å². The maximum absolute atomic E-state index is 3.64. The van der Waals surface area contributed by atoms with E-state index in [1.165, 1.54) is 25.1 Å². The molecule has 0 aromatic rings. The first-order valence-corrected chi connectivity index (χ1v) is 8.49. The van der Waals surface area contributed by atoms with Crippen LogP contribution in [0, 0.1) is 5.92 Å². The summed E-state index contributed by atoms with van der Waals surface area (Å²) >= 11 is 1.97. The summed E-state index contributed by atoms with van der Waals surface area (Å²) in [7, 11) is 0. The molecule has 0 bridgehead atoms. The third-order valence-corrected chi connectivity index (χ3v) is 5.03. The topological polar surface area (TPSA) is 15.3 Å². The van der Waals surface area contributed by atoms with Gasteiger partial charge in [-0.25, -0.2) is 0 Å². The minimum atomic E-state index is 0.713. The molecule has 0 saturated carbocycles. The van der Waals surface area contributed by atoms with E-state index in [1.54, 1.807) is 0 Å². The van der Waals surface area contributed by atoms with Crippen molar-refractivity contribution in [3.05, 3.63) is 0 Å². The molecule has 2 nitrogen and oxygen atoms in total. The van der Waals surface area contributed by atoms with Crippen LogP contribution >= 0.6 is 11.8 Å². The Kier molecular flexibility index (Phi) is 6.90. The van der Waals surface area contributed by atoms with E-state index in [0.29, 0.717) is 6.04 Å². The third kappa shape index (κ3) is 4.15. The molecule has 4 atom stereocenters. The number of nitrogens with one attached hydrogen (secondary N) is 1. The molecule has 0 aromatic carbocycles. The molecule has 0 radical (unpaired) electrons. The molecule has 1 aliphatic heterocycles. The van der Waals surface area contributed by atoms with Crippen LogP contribution in [0.4, 0.5) is 0 Å². The molecule has 0 amide bonds. The van der Waals surface area contributed by atoms with Crippen LogP contribution in [0.1, 0.15) is 40.5 Å². The van der Waals surface area contributed by atoms with Gasteiger partial charge in [0.25, 0.3) is 0 Å². The summed E-state index contributed by atoms with van der Waals surface area (Å²) in [5.41, 5.74) is 0. The van der Waals surface area contributed by atoms with Crippen molar-refractivity contribution in [3.8, 4) is 0 Å². The number of rotatable bonds is 6. The second-order valence-corrected chi connectivity index (χ2v) is 6.41. The van der Waals surface area contributed by atoms with Crippen LogP contribution in [0.2, 0.25) is 0 Å². The number of likely N-dealkylation sites (tertiary alicyclic amines) is 1. The molecule has 17 heavy (non-hydrogen) atoms. The highest BCUT2D eigenvalue weighted by molar-refractivity contribution is 7.98.